The summed E-state index contributed by atoms with van der Waals surface area (Å²) in [7, 11) is 0. The number of rotatable bonds is 19. The zero-order valence-electron chi connectivity index (χ0n) is 23.3. The average molecular weight is 489 g/mol. The van der Waals surface area contributed by atoms with E-state index >= 15 is 0 Å². The van der Waals surface area contributed by atoms with E-state index in [1.165, 1.54) is 116 Å². The number of morpholine rings is 1. The fraction of sp³-hybridized carbons (Fsp3) is 0.839. The van der Waals surface area contributed by atoms with Crippen LogP contribution in [0.4, 0.5) is 0 Å². The molecule has 0 aliphatic carbocycles. The number of likely N-dealkylation sites (N-methyl/N-ethyl adjacent to an activating group) is 1. The minimum Gasteiger partial charge on any atom is -0.379 e. The molecule has 1 fully saturated rings. The van der Waals surface area contributed by atoms with Crippen LogP contribution in [-0.4, -0.2) is 43.7 Å². The molecule has 0 radical (unpaired) electrons. The second-order valence-corrected chi connectivity index (χ2v) is 9.72. The molecule has 1 aliphatic heterocycles. The van der Waals surface area contributed by atoms with Crippen LogP contribution in [0.3, 0.4) is 0 Å². The van der Waals surface area contributed by atoms with Gasteiger partial charge >= 0.3 is 0 Å². The van der Waals surface area contributed by atoms with Crippen LogP contribution in [0.25, 0.3) is 0 Å². The molecule has 0 spiro atoms. The van der Waals surface area contributed by atoms with Crippen LogP contribution in [0.2, 0.25) is 0 Å². The first-order valence-corrected chi connectivity index (χ1v) is 14.8. The lowest BCUT2D eigenvalue weighted by atomic mass is 10.0. The largest absolute Gasteiger partial charge is 0.379 e. The fourth-order valence-electron chi connectivity index (χ4n) is 4.23. The van der Waals surface area contributed by atoms with Crippen molar-refractivity contribution in [1.82, 2.24) is 4.90 Å². The Bertz CT molecular complexity index is 576. The number of primary amides is 1. The Morgan fingerprint density at radius 3 is 1.49 bits per heavy atom. The van der Waals surface area contributed by atoms with Crippen molar-refractivity contribution in [2.24, 2.45) is 5.73 Å². The topological polar surface area (TPSA) is 55.6 Å². The Labute approximate surface area is 218 Å². The van der Waals surface area contributed by atoms with Crippen molar-refractivity contribution in [3.05, 3.63) is 0 Å². The number of nitrogens with two attached hydrogens (primary N) is 1. The predicted molar refractivity (Wildman–Crippen MR) is 151 cm³/mol. The molecule has 1 rings (SSSR count). The van der Waals surface area contributed by atoms with Crippen LogP contribution < -0.4 is 5.73 Å². The van der Waals surface area contributed by atoms with E-state index in [1.807, 2.05) is 0 Å². The van der Waals surface area contributed by atoms with Crippen molar-refractivity contribution in [2.45, 2.75) is 136 Å². The Kier molecular flexibility index (Phi) is 27.5. The van der Waals surface area contributed by atoms with Gasteiger partial charge in [0.25, 0.3) is 5.91 Å². The molecule has 202 valence electrons. The van der Waals surface area contributed by atoms with E-state index in [4.69, 9.17) is 10.5 Å². The van der Waals surface area contributed by atoms with Gasteiger partial charge in [0.05, 0.1) is 13.2 Å². The number of nitrogens with zero attached hydrogens (tertiary/aromatic N) is 1. The summed E-state index contributed by atoms with van der Waals surface area (Å²) in [5.74, 6) is 9.69. The molecule has 0 unspecified atom stereocenters. The minimum atomic E-state index is -0.613. The predicted octanol–water partition coefficient (Wildman–Crippen LogP) is 7.25. The number of ether oxygens (including phenoxy) is 1. The van der Waals surface area contributed by atoms with Gasteiger partial charge in [-0.3, -0.25) is 9.69 Å². The highest BCUT2D eigenvalue weighted by Gasteiger charge is 2.05. The van der Waals surface area contributed by atoms with Crippen molar-refractivity contribution >= 4 is 5.91 Å². The Hall–Kier alpha value is -1.49. The van der Waals surface area contributed by atoms with E-state index in [-0.39, 0.29) is 0 Å². The van der Waals surface area contributed by atoms with Crippen molar-refractivity contribution in [1.29, 1.82) is 0 Å². The molecule has 2 N–H and O–H groups in total. The van der Waals surface area contributed by atoms with E-state index in [1.54, 1.807) is 0 Å². The monoisotopic (exact) mass is 488 g/mol. The van der Waals surface area contributed by atoms with Gasteiger partial charge < -0.3 is 10.5 Å². The van der Waals surface area contributed by atoms with Crippen LogP contribution in [0.15, 0.2) is 0 Å². The second-order valence-electron chi connectivity index (χ2n) is 9.72. The van der Waals surface area contributed by atoms with Gasteiger partial charge in [0, 0.05) is 25.4 Å². The van der Waals surface area contributed by atoms with Crippen LogP contribution in [0, 0.1) is 23.7 Å². The summed E-state index contributed by atoms with van der Waals surface area (Å²) in [6.45, 7) is 9.73. The summed E-state index contributed by atoms with van der Waals surface area (Å²) in [6, 6.07) is 0. The van der Waals surface area contributed by atoms with Gasteiger partial charge in [0.15, 0.2) is 0 Å². The third-order valence-electron chi connectivity index (χ3n) is 6.54. The molecule has 0 aromatic carbocycles. The first-order chi connectivity index (χ1) is 17.2. The molecule has 4 heteroatoms. The number of carbonyl (C=O) groups is 1. The molecule has 1 saturated heterocycles. The molecule has 0 bridgehead atoms. The molecule has 35 heavy (non-hydrogen) atoms. The summed E-state index contributed by atoms with van der Waals surface area (Å²) >= 11 is 0. The van der Waals surface area contributed by atoms with Gasteiger partial charge in [0.2, 0.25) is 0 Å². The minimum absolute atomic E-state index is 0.613. The number of unbranched alkanes of at least 4 members (excludes halogenated alkanes) is 18. The number of hydrogen-bond donors (Lipinski definition) is 1. The number of hydrogen-bond acceptors (Lipinski definition) is 3. The SMILES string of the molecule is CCCCCCCCCCCCCCCCCCCCC#CC#CC(N)=O.CCN1CCOCC1. The molecule has 0 aromatic rings. The lowest BCUT2D eigenvalue weighted by Crippen LogP contribution is -2.35. The van der Waals surface area contributed by atoms with Crippen LogP contribution in [-0.2, 0) is 9.53 Å². The Balaban J connectivity index is 0.00000121. The van der Waals surface area contributed by atoms with Gasteiger partial charge in [-0.25, -0.2) is 0 Å². The first kappa shape index (κ1) is 33.5. The highest BCUT2D eigenvalue weighted by Crippen LogP contribution is 2.14. The van der Waals surface area contributed by atoms with E-state index in [0.29, 0.717) is 0 Å². The average Bonchev–Trinajstić information content (AvgIpc) is 2.87. The van der Waals surface area contributed by atoms with Crippen LogP contribution >= 0.6 is 0 Å². The molecule has 1 amide bonds. The number of carbonyl (C=O) groups excluding carboxylic acids is 1. The summed E-state index contributed by atoms with van der Waals surface area (Å²) < 4.78 is 5.16. The van der Waals surface area contributed by atoms with Crippen molar-refractivity contribution in [3.8, 4) is 23.7 Å². The first-order valence-electron chi connectivity index (χ1n) is 14.8. The van der Waals surface area contributed by atoms with Crippen molar-refractivity contribution < 1.29 is 9.53 Å². The van der Waals surface area contributed by atoms with Crippen LogP contribution in [0.1, 0.15) is 136 Å². The van der Waals surface area contributed by atoms with Gasteiger partial charge in [-0.15, -0.1) is 0 Å². The molecule has 1 aliphatic rings. The number of amides is 1. The highest BCUT2D eigenvalue weighted by atomic mass is 16.5. The van der Waals surface area contributed by atoms with E-state index in [0.717, 1.165) is 39.1 Å². The fourth-order valence-corrected chi connectivity index (χ4v) is 4.23. The third kappa shape index (κ3) is 28.6. The zero-order valence-corrected chi connectivity index (χ0v) is 23.3. The molecule has 1 heterocycles. The standard InChI is InChI=1S/C25H43NO.C6H13NO/c1-2-3-4-5-6-7-8-9-10-11-12-13-14-15-16-17-18-19-20-21-22-23-24-25(26)27;1-2-7-3-5-8-6-4-7/h2-20H2,1H3,(H2,26,27);2-6H2,1H3. The smallest absolute Gasteiger partial charge is 0.294 e. The maximum absolute atomic E-state index is 10.4. The lowest BCUT2D eigenvalue weighted by Gasteiger charge is -2.24. The lowest BCUT2D eigenvalue weighted by molar-refractivity contribution is -0.112. The van der Waals surface area contributed by atoms with Gasteiger partial charge in [-0.1, -0.05) is 129 Å². The van der Waals surface area contributed by atoms with Crippen LogP contribution in [0.5, 0.6) is 0 Å². The van der Waals surface area contributed by atoms with E-state index < -0.39 is 5.91 Å². The van der Waals surface area contributed by atoms with E-state index in [2.05, 4.69) is 42.4 Å². The highest BCUT2D eigenvalue weighted by molar-refractivity contribution is 5.92. The Morgan fingerprint density at radius 1 is 0.686 bits per heavy atom. The maximum Gasteiger partial charge on any atom is 0.294 e. The van der Waals surface area contributed by atoms with Gasteiger partial charge in [0.1, 0.15) is 0 Å². The Morgan fingerprint density at radius 2 is 1.11 bits per heavy atom. The quantitative estimate of drug-likeness (QED) is 0.154. The van der Waals surface area contributed by atoms with Crippen molar-refractivity contribution in [2.75, 3.05) is 32.8 Å². The molecular weight excluding hydrogens is 432 g/mol. The summed E-state index contributed by atoms with van der Waals surface area (Å²) in [6.07, 6.45) is 25.9. The van der Waals surface area contributed by atoms with Crippen molar-refractivity contribution in [3.63, 3.8) is 0 Å². The normalized spacial score (nSPS) is 13.1. The third-order valence-corrected chi connectivity index (χ3v) is 6.54. The van der Waals surface area contributed by atoms with Gasteiger partial charge in [-0.05, 0) is 24.8 Å². The van der Waals surface area contributed by atoms with Gasteiger partial charge in [-0.2, -0.15) is 0 Å². The zero-order chi connectivity index (χ0) is 25.7. The molecule has 0 aromatic heterocycles. The molecule has 4 nitrogen and oxygen atoms in total. The maximum atomic E-state index is 10.4. The molecule has 0 atom stereocenters. The second kappa shape index (κ2) is 28.7. The van der Waals surface area contributed by atoms with E-state index in [9.17, 15) is 4.79 Å². The summed E-state index contributed by atoms with van der Waals surface area (Å²) in [4.78, 5) is 12.8. The molecule has 0 saturated carbocycles. The summed E-state index contributed by atoms with van der Waals surface area (Å²) in [5, 5.41) is 0. The summed E-state index contributed by atoms with van der Waals surface area (Å²) in [5.41, 5.74) is 4.90. The molecular formula is C31H56N2O2.